The van der Waals surface area contributed by atoms with Crippen LogP contribution in [0.4, 0.5) is 10.1 Å². The summed E-state index contributed by atoms with van der Waals surface area (Å²) in [6.45, 7) is 2.45. The van der Waals surface area contributed by atoms with Crippen molar-refractivity contribution < 1.29 is 9.18 Å². The summed E-state index contributed by atoms with van der Waals surface area (Å²) in [6, 6.07) is 5.35. The second-order valence-corrected chi connectivity index (χ2v) is 8.08. The predicted molar refractivity (Wildman–Crippen MR) is 107 cm³/mol. The number of nitrogens with one attached hydrogen (secondary N) is 1. The van der Waals surface area contributed by atoms with E-state index in [2.05, 4.69) is 15.6 Å². The summed E-state index contributed by atoms with van der Waals surface area (Å²) in [7, 11) is 0. The van der Waals surface area contributed by atoms with Gasteiger partial charge in [0.1, 0.15) is 5.82 Å². The monoisotopic (exact) mass is 405 g/mol. The highest BCUT2D eigenvalue weighted by Gasteiger charge is 2.48. The molecule has 0 unspecified atom stereocenters. The van der Waals surface area contributed by atoms with E-state index < -0.39 is 0 Å². The van der Waals surface area contributed by atoms with Crippen LogP contribution in [0.15, 0.2) is 24.4 Å². The molecule has 5 rings (SSSR count). The molecule has 2 aromatic rings. The van der Waals surface area contributed by atoms with Gasteiger partial charge in [-0.15, -0.1) is 17.5 Å². The molecular weight excluding hydrogens is 381 g/mol. The van der Waals surface area contributed by atoms with Crippen molar-refractivity contribution in [2.24, 2.45) is 0 Å². The quantitative estimate of drug-likeness (QED) is 0.833. The number of nitrogens with zero attached hydrogens (tertiary/aromatic N) is 4. The molecule has 6 nitrogen and oxygen atoms in total. The molecule has 0 radical (unpaired) electrons. The molecular formula is C20H25ClFN5O. The zero-order chi connectivity index (χ0) is 18.4. The van der Waals surface area contributed by atoms with Crippen LogP contribution >= 0.6 is 12.4 Å². The van der Waals surface area contributed by atoms with E-state index in [-0.39, 0.29) is 35.6 Å². The number of benzene rings is 1. The van der Waals surface area contributed by atoms with E-state index in [0.29, 0.717) is 17.9 Å². The number of piperidine rings is 1. The lowest BCUT2D eigenvalue weighted by Gasteiger charge is -2.24. The average Bonchev–Trinajstić information content (AvgIpc) is 3.43. The van der Waals surface area contributed by atoms with Gasteiger partial charge in [0, 0.05) is 17.5 Å². The van der Waals surface area contributed by atoms with E-state index in [1.54, 1.807) is 17.2 Å². The summed E-state index contributed by atoms with van der Waals surface area (Å²) in [5.41, 5.74) is 1.54. The Morgan fingerprint density at radius 1 is 1.21 bits per heavy atom. The number of amides is 1. The summed E-state index contributed by atoms with van der Waals surface area (Å²) < 4.78 is 16.5. The first-order chi connectivity index (χ1) is 13.2. The highest BCUT2D eigenvalue weighted by Crippen LogP contribution is 2.51. The lowest BCUT2D eigenvalue weighted by atomic mass is 9.80. The van der Waals surface area contributed by atoms with Crippen LogP contribution in [-0.2, 0) is 5.41 Å². The van der Waals surface area contributed by atoms with Crippen LogP contribution in [0.5, 0.6) is 0 Å². The summed E-state index contributed by atoms with van der Waals surface area (Å²) in [5, 5.41) is 11.7. The first-order valence-electron chi connectivity index (χ1n) is 9.91. The maximum absolute atomic E-state index is 14.7. The van der Waals surface area contributed by atoms with Crippen molar-refractivity contribution in [2.75, 3.05) is 24.5 Å². The maximum Gasteiger partial charge on any atom is 0.280 e. The highest BCUT2D eigenvalue weighted by atomic mass is 35.5. The Hall–Kier alpha value is -1.99. The van der Waals surface area contributed by atoms with Crippen molar-refractivity contribution in [3.63, 3.8) is 0 Å². The van der Waals surface area contributed by atoms with Crippen molar-refractivity contribution in [2.45, 2.75) is 50.0 Å². The minimum atomic E-state index is -0.235. The van der Waals surface area contributed by atoms with Gasteiger partial charge in [-0.25, -0.2) is 9.07 Å². The molecule has 1 N–H and O–H groups in total. The summed E-state index contributed by atoms with van der Waals surface area (Å²) in [5.74, 6) is -0.367. The van der Waals surface area contributed by atoms with Gasteiger partial charge in [0.25, 0.3) is 5.91 Å². The van der Waals surface area contributed by atoms with E-state index in [1.807, 2.05) is 10.7 Å². The minimum Gasteiger partial charge on any atom is -0.317 e. The van der Waals surface area contributed by atoms with Gasteiger partial charge >= 0.3 is 0 Å². The van der Waals surface area contributed by atoms with Crippen LogP contribution in [-0.4, -0.2) is 40.5 Å². The number of hydrogen-bond acceptors (Lipinski definition) is 4. The first-order valence-corrected chi connectivity index (χ1v) is 9.91. The first kappa shape index (κ1) is 19.3. The fraction of sp³-hybridized carbons (Fsp3) is 0.550. The zero-order valence-electron chi connectivity index (χ0n) is 15.7. The predicted octanol–water partition coefficient (Wildman–Crippen LogP) is 3.24. The van der Waals surface area contributed by atoms with Crippen LogP contribution in [0, 0.1) is 5.82 Å². The van der Waals surface area contributed by atoms with E-state index in [9.17, 15) is 9.18 Å². The Morgan fingerprint density at radius 3 is 2.71 bits per heavy atom. The Bertz CT molecular complexity index is 873. The van der Waals surface area contributed by atoms with Crippen molar-refractivity contribution in [3.8, 4) is 0 Å². The summed E-state index contributed by atoms with van der Waals surface area (Å²) >= 11 is 0. The van der Waals surface area contributed by atoms with Gasteiger partial charge in [0.2, 0.25) is 0 Å². The fourth-order valence-corrected chi connectivity index (χ4v) is 5.13. The molecule has 1 aliphatic carbocycles. The van der Waals surface area contributed by atoms with Crippen molar-refractivity contribution in [1.82, 2.24) is 20.3 Å². The lowest BCUT2D eigenvalue weighted by Crippen LogP contribution is -2.36. The number of carbonyl (C=O) groups is 1. The van der Waals surface area contributed by atoms with Crippen molar-refractivity contribution in [3.05, 3.63) is 41.5 Å². The topological polar surface area (TPSA) is 63.1 Å². The third-order valence-corrected chi connectivity index (χ3v) is 6.49. The SMILES string of the molecule is Cl.O=C(c1cn(C2CCNCC2)nn1)N1CC2(CCCC2)c2c(F)cccc21. The Balaban J connectivity index is 0.00000192. The van der Waals surface area contributed by atoms with Gasteiger partial charge in [-0.3, -0.25) is 4.79 Å². The van der Waals surface area contributed by atoms with Gasteiger partial charge in [0.15, 0.2) is 5.69 Å². The number of carbonyl (C=O) groups excluding carboxylic acids is 1. The Kier molecular flexibility index (Phi) is 5.14. The Labute approximate surface area is 169 Å². The standard InChI is InChI=1S/C20H24FN5O.ClH/c21-15-4-3-5-17-18(15)20(8-1-2-9-20)13-25(17)19(27)16-12-26(24-23-16)14-6-10-22-11-7-14;/h3-5,12,14,22H,1-2,6-11,13H2;1H. The second kappa shape index (κ2) is 7.44. The molecule has 1 saturated heterocycles. The molecule has 3 heterocycles. The molecule has 28 heavy (non-hydrogen) atoms. The molecule has 2 fully saturated rings. The van der Waals surface area contributed by atoms with Gasteiger partial charge in [0.05, 0.1) is 17.9 Å². The van der Waals surface area contributed by atoms with E-state index in [0.717, 1.165) is 57.2 Å². The van der Waals surface area contributed by atoms with Crippen LogP contribution in [0.1, 0.15) is 60.6 Å². The largest absolute Gasteiger partial charge is 0.317 e. The molecule has 0 bridgehead atoms. The molecule has 3 aliphatic rings. The molecule has 1 amide bonds. The summed E-state index contributed by atoms with van der Waals surface area (Å²) in [6.07, 6.45) is 7.77. The average molecular weight is 406 g/mol. The van der Waals surface area contributed by atoms with Gasteiger partial charge in [-0.2, -0.15) is 0 Å². The molecule has 1 aromatic carbocycles. The molecule has 8 heteroatoms. The van der Waals surface area contributed by atoms with Gasteiger partial charge < -0.3 is 10.2 Å². The molecule has 150 valence electrons. The van der Waals surface area contributed by atoms with E-state index in [1.165, 1.54) is 6.07 Å². The van der Waals surface area contributed by atoms with Crippen LogP contribution in [0.2, 0.25) is 0 Å². The van der Waals surface area contributed by atoms with Crippen molar-refractivity contribution >= 4 is 24.0 Å². The molecule has 2 aliphatic heterocycles. The second-order valence-electron chi connectivity index (χ2n) is 8.08. The number of hydrogen-bond donors (Lipinski definition) is 1. The maximum atomic E-state index is 14.7. The normalized spacial score (nSPS) is 21.0. The minimum absolute atomic E-state index is 0. The number of halogens is 2. The van der Waals surface area contributed by atoms with E-state index in [4.69, 9.17) is 0 Å². The highest BCUT2D eigenvalue weighted by molar-refractivity contribution is 6.06. The third kappa shape index (κ3) is 3.01. The molecule has 1 spiro atoms. The van der Waals surface area contributed by atoms with Gasteiger partial charge in [-0.05, 0) is 50.9 Å². The number of fused-ring (bicyclic) bond motifs is 2. The van der Waals surface area contributed by atoms with Crippen molar-refractivity contribution in [1.29, 1.82) is 0 Å². The van der Waals surface area contributed by atoms with Gasteiger partial charge in [-0.1, -0.05) is 24.1 Å². The zero-order valence-corrected chi connectivity index (χ0v) is 16.6. The van der Waals surface area contributed by atoms with Crippen LogP contribution < -0.4 is 10.2 Å². The van der Waals surface area contributed by atoms with Crippen LogP contribution in [0.3, 0.4) is 0 Å². The molecule has 0 atom stereocenters. The number of aromatic nitrogens is 3. The third-order valence-electron chi connectivity index (χ3n) is 6.49. The number of rotatable bonds is 2. The molecule has 1 aromatic heterocycles. The molecule has 1 saturated carbocycles. The number of anilines is 1. The summed E-state index contributed by atoms with van der Waals surface area (Å²) in [4.78, 5) is 15.0. The fourth-order valence-electron chi connectivity index (χ4n) is 5.13. The Morgan fingerprint density at radius 2 is 1.96 bits per heavy atom. The van der Waals surface area contributed by atoms with Crippen LogP contribution in [0.25, 0.3) is 0 Å². The van der Waals surface area contributed by atoms with E-state index >= 15 is 0 Å². The smallest absolute Gasteiger partial charge is 0.280 e. The lowest BCUT2D eigenvalue weighted by molar-refractivity contribution is 0.0980.